The molecule has 6 nitrogen and oxygen atoms in total. The zero-order valence-corrected chi connectivity index (χ0v) is 16.6. The minimum Gasteiger partial charge on any atom is -0.465 e. The molecule has 1 aromatic rings. The molecule has 0 radical (unpaired) electrons. The predicted octanol–water partition coefficient (Wildman–Crippen LogP) is 2.32. The Morgan fingerprint density at radius 1 is 1.25 bits per heavy atom. The standard InChI is InChI=1S/C22H28O6/c1-13-9-17(28-19(25)15-7-5-4-6-8-15)22(26)20(3)12-27-18(24)11-21(13,22)10-16(23)14(20)2/h4-8,13-14,16-17,23,26H,9-12H2,1-3H3/t13-,14-,16-,17+,20-,21-,22+/m1/s1. The summed E-state index contributed by atoms with van der Waals surface area (Å²) in [6.07, 6.45) is -0.688. The van der Waals surface area contributed by atoms with Crippen molar-refractivity contribution in [2.24, 2.45) is 22.7 Å². The Labute approximate surface area is 164 Å². The van der Waals surface area contributed by atoms with E-state index in [1.165, 1.54) is 0 Å². The maximum absolute atomic E-state index is 12.8. The summed E-state index contributed by atoms with van der Waals surface area (Å²) < 4.78 is 11.3. The van der Waals surface area contributed by atoms with Gasteiger partial charge in [0, 0.05) is 10.8 Å². The van der Waals surface area contributed by atoms with E-state index in [0.717, 1.165) is 0 Å². The van der Waals surface area contributed by atoms with E-state index < -0.39 is 34.6 Å². The SMILES string of the molecule is C[C@@H]1C[C@H](OC(=O)c2ccccc2)[C@@]2(O)[C@]13CC(=O)OC[C@]2(C)[C@H](C)[C@H](O)C3. The van der Waals surface area contributed by atoms with Gasteiger partial charge in [-0.05, 0) is 36.8 Å². The van der Waals surface area contributed by atoms with E-state index in [1.807, 2.05) is 26.8 Å². The molecule has 3 aliphatic rings. The molecule has 0 amide bonds. The maximum Gasteiger partial charge on any atom is 0.338 e. The number of hydrogen-bond acceptors (Lipinski definition) is 6. The Kier molecular flexibility index (Phi) is 4.36. The molecule has 1 aromatic carbocycles. The van der Waals surface area contributed by atoms with Crippen LogP contribution >= 0.6 is 0 Å². The van der Waals surface area contributed by atoms with Crippen LogP contribution in [0.15, 0.2) is 30.3 Å². The summed E-state index contributed by atoms with van der Waals surface area (Å²) in [5.41, 5.74) is -2.86. The maximum atomic E-state index is 12.8. The van der Waals surface area contributed by atoms with E-state index in [4.69, 9.17) is 9.47 Å². The lowest BCUT2D eigenvalue weighted by Gasteiger charge is -2.60. The Bertz CT molecular complexity index is 793. The van der Waals surface area contributed by atoms with Crippen LogP contribution in [-0.2, 0) is 14.3 Å². The van der Waals surface area contributed by atoms with Gasteiger partial charge >= 0.3 is 11.9 Å². The number of aliphatic hydroxyl groups is 2. The second kappa shape index (κ2) is 6.29. The summed E-state index contributed by atoms with van der Waals surface area (Å²) in [5.74, 6) is -1.29. The lowest BCUT2D eigenvalue weighted by atomic mass is 9.47. The molecule has 7 atom stereocenters. The molecule has 1 saturated heterocycles. The zero-order valence-electron chi connectivity index (χ0n) is 16.6. The number of carbonyl (C=O) groups excluding carboxylic acids is 2. The molecule has 0 aromatic heterocycles. The first kappa shape index (κ1) is 19.4. The minimum atomic E-state index is -1.46. The number of ether oxygens (including phenoxy) is 2. The summed E-state index contributed by atoms with van der Waals surface area (Å²) in [6.45, 7) is 5.66. The van der Waals surface area contributed by atoms with Crippen LogP contribution in [0.5, 0.6) is 0 Å². The molecular formula is C22H28O6. The van der Waals surface area contributed by atoms with E-state index in [9.17, 15) is 19.8 Å². The number of esters is 2. The van der Waals surface area contributed by atoms with E-state index in [-0.39, 0.29) is 37.3 Å². The van der Waals surface area contributed by atoms with Crippen LogP contribution in [0, 0.1) is 22.7 Å². The molecule has 1 heterocycles. The van der Waals surface area contributed by atoms with Gasteiger partial charge in [-0.2, -0.15) is 0 Å². The molecule has 0 spiro atoms. The third kappa shape index (κ3) is 2.34. The molecule has 2 saturated carbocycles. The third-order valence-corrected chi connectivity index (χ3v) is 8.01. The van der Waals surface area contributed by atoms with Gasteiger partial charge in [0.1, 0.15) is 11.7 Å². The lowest BCUT2D eigenvalue weighted by molar-refractivity contribution is -0.263. The first-order valence-electron chi connectivity index (χ1n) is 9.98. The Morgan fingerprint density at radius 2 is 1.93 bits per heavy atom. The van der Waals surface area contributed by atoms with E-state index in [0.29, 0.717) is 12.0 Å². The van der Waals surface area contributed by atoms with Crippen LogP contribution in [0.25, 0.3) is 0 Å². The summed E-state index contributed by atoms with van der Waals surface area (Å²) >= 11 is 0. The Hall–Kier alpha value is -1.92. The van der Waals surface area contributed by atoms with Gasteiger partial charge in [-0.3, -0.25) is 4.79 Å². The second-order valence-electron chi connectivity index (χ2n) is 9.13. The fourth-order valence-electron chi connectivity index (χ4n) is 6.09. The normalized spacial score (nSPS) is 45.0. The van der Waals surface area contributed by atoms with Gasteiger partial charge in [0.05, 0.1) is 24.7 Å². The minimum absolute atomic E-state index is 0.00554. The third-order valence-electron chi connectivity index (χ3n) is 8.01. The van der Waals surface area contributed by atoms with Crippen LogP contribution < -0.4 is 0 Å². The Balaban J connectivity index is 1.79. The first-order valence-corrected chi connectivity index (χ1v) is 9.98. The number of cyclic esters (lactones) is 1. The van der Waals surface area contributed by atoms with Crippen molar-refractivity contribution in [1.82, 2.24) is 0 Å². The molecule has 1 aliphatic heterocycles. The van der Waals surface area contributed by atoms with Crippen LogP contribution in [0.4, 0.5) is 0 Å². The first-order chi connectivity index (χ1) is 13.2. The fourth-order valence-corrected chi connectivity index (χ4v) is 6.09. The van der Waals surface area contributed by atoms with Gasteiger partial charge in [-0.15, -0.1) is 0 Å². The molecular weight excluding hydrogens is 360 g/mol. The van der Waals surface area contributed by atoms with Crippen LogP contribution in [0.1, 0.15) is 50.4 Å². The van der Waals surface area contributed by atoms with Gasteiger partial charge in [-0.1, -0.05) is 39.0 Å². The average Bonchev–Trinajstić information content (AvgIpc) is 2.84. The van der Waals surface area contributed by atoms with Crippen molar-refractivity contribution in [3.8, 4) is 0 Å². The highest BCUT2D eigenvalue weighted by molar-refractivity contribution is 5.89. The van der Waals surface area contributed by atoms with Crippen LogP contribution in [0.3, 0.4) is 0 Å². The molecule has 2 aliphatic carbocycles. The number of carbonyl (C=O) groups is 2. The van der Waals surface area contributed by atoms with Crippen LogP contribution in [-0.4, -0.2) is 46.6 Å². The van der Waals surface area contributed by atoms with E-state index >= 15 is 0 Å². The number of benzene rings is 1. The predicted molar refractivity (Wildman–Crippen MR) is 100 cm³/mol. The summed E-state index contributed by atoms with van der Waals surface area (Å²) in [7, 11) is 0. The molecule has 152 valence electrons. The van der Waals surface area contributed by atoms with Crippen molar-refractivity contribution in [3.05, 3.63) is 35.9 Å². The topological polar surface area (TPSA) is 93.1 Å². The van der Waals surface area contributed by atoms with Gasteiger partial charge in [0.2, 0.25) is 0 Å². The number of rotatable bonds is 2. The van der Waals surface area contributed by atoms with Gasteiger partial charge < -0.3 is 19.7 Å². The molecule has 3 fully saturated rings. The highest BCUT2D eigenvalue weighted by atomic mass is 16.6. The largest absolute Gasteiger partial charge is 0.465 e. The zero-order chi connectivity index (χ0) is 20.3. The van der Waals surface area contributed by atoms with Gasteiger partial charge in [0.25, 0.3) is 0 Å². The molecule has 28 heavy (non-hydrogen) atoms. The van der Waals surface area contributed by atoms with Gasteiger partial charge in [-0.25, -0.2) is 4.79 Å². The quantitative estimate of drug-likeness (QED) is 0.756. The average molecular weight is 388 g/mol. The fraction of sp³-hybridized carbons (Fsp3) is 0.636. The van der Waals surface area contributed by atoms with Crippen molar-refractivity contribution in [2.45, 2.75) is 57.8 Å². The number of hydrogen-bond donors (Lipinski definition) is 2. The van der Waals surface area contributed by atoms with Crippen molar-refractivity contribution in [1.29, 1.82) is 0 Å². The van der Waals surface area contributed by atoms with E-state index in [1.54, 1.807) is 24.3 Å². The highest BCUT2D eigenvalue weighted by Gasteiger charge is 2.77. The second-order valence-corrected chi connectivity index (χ2v) is 9.13. The number of aliphatic hydroxyl groups excluding tert-OH is 1. The van der Waals surface area contributed by atoms with Crippen molar-refractivity contribution >= 4 is 11.9 Å². The molecule has 2 bridgehead atoms. The lowest BCUT2D eigenvalue weighted by Crippen LogP contribution is -2.70. The van der Waals surface area contributed by atoms with E-state index in [2.05, 4.69) is 0 Å². The Morgan fingerprint density at radius 3 is 2.61 bits per heavy atom. The molecule has 6 heteroatoms. The van der Waals surface area contributed by atoms with Crippen molar-refractivity contribution < 1.29 is 29.3 Å². The smallest absolute Gasteiger partial charge is 0.338 e. The molecule has 0 unspecified atom stereocenters. The monoisotopic (exact) mass is 388 g/mol. The summed E-state index contributed by atoms with van der Waals surface area (Å²) in [6, 6.07) is 8.69. The van der Waals surface area contributed by atoms with Crippen molar-refractivity contribution in [3.63, 3.8) is 0 Å². The van der Waals surface area contributed by atoms with Gasteiger partial charge in [0.15, 0.2) is 0 Å². The summed E-state index contributed by atoms with van der Waals surface area (Å²) in [4.78, 5) is 25.2. The molecule has 2 N–H and O–H groups in total. The van der Waals surface area contributed by atoms with Crippen molar-refractivity contribution in [2.75, 3.05) is 6.61 Å². The van der Waals surface area contributed by atoms with Crippen LogP contribution in [0.2, 0.25) is 0 Å². The highest BCUT2D eigenvalue weighted by Crippen LogP contribution is 2.69. The summed E-state index contributed by atoms with van der Waals surface area (Å²) in [5, 5.41) is 23.0. The molecule has 4 rings (SSSR count).